The summed E-state index contributed by atoms with van der Waals surface area (Å²) in [7, 11) is 2.17. The molecule has 1 saturated heterocycles. The van der Waals surface area contributed by atoms with Crippen LogP contribution in [0.25, 0.3) is 0 Å². The van der Waals surface area contributed by atoms with Crippen molar-refractivity contribution in [2.24, 2.45) is 0 Å². The van der Waals surface area contributed by atoms with E-state index < -0.39 is 0 Å². The summed E-state index contributed by atoms with van der Waals surface area (Å²) in [5, 5.41) is 14.7. The minimum Gasteiger partial charge on any atom is -0.369 e. The Morgan fingerprint density at radius 2 is 1.79 bits per heavy atom. The van der Waals surface area contributed by atoms with Crippen LogP contribution < -0.4 is 15.5 Å². The van der Waals surface area contributed by atoms with Gasteiger partial charge in [0.25, 0.3) is 0 Å². The van der Waals surface area contributed by atoms with Gasteiger partial charge in [0.2, 0.25) is 5.95 Å². The highest BCUT2D eigenvalue weighted by molar-refractivity contribution is 5.61. The largest absolute Gasteiger partial charge is 0.369 e. The van der Waals surface area contributed by atoms with Gasteiger partial charge in [-0.05, 0) is 43.8 Å². The Bertz CT molecular complexity index is 934. The molecule has 0 bridgehead atoms. The van der Waals surface area contributed by atoms with Gasteiger partial charge in [-0.3, -0.25) is 0 Å². The van der Waals surface area contributed by atoms with Gasteiger partial charge in [-0.1, -0.05) is 29.8 Å². The van der Waals surface area contributed by atoms with Gasteiger partial charge >= 0.3 is 0 Å². The predicted molar refractivity (Wildman–Crippen MR) is 118 cm³/mol. The maximum atomic E-state index is 4.51. The summed E-state index contributed by atoms with van der Waals surface area (Å²) < 4.78 is 0. The van der Waals surface area contributed by atoms with Gasteiger partial charge in [-0.2, -0.15) is 10.1 Å². The lowest BCUT2D eigenvalue weighted by molar-refractivity contribution is 0.313. The third-order valence-electron chi connectivity index (χ3n) is 5.10. The zero-order valence-corrected chi connectivity index (χ0v) is 17.0. The van der Waals surface area contributed by atoms with Gasteiger partial charge in [0.05, 0.1) is 6.20 Å². The lowest BCUT2D eigenvalue weighted by Crippen LogP contribution is -2.44. The Morgan fingerprint density at radius 1 is 1.00 bits per heavy atom. The van der Waals surface area contributed by atoms with Gasteiger partial charge in [0.15, 0.2) is 5.82 Å². The Labute approximate surface area is 171 Å². The first-order valence-corrected chi connectivity index (χ1v) is 9.95. The molecule has 1 fully saturated rings. The van der Waals surface area contributed by atoms with Crippen molar-refractivity contribution in [2.75, 3.05) is 48.8 Å². The summed E-state index contributed by atoms with van der Waals surface area (Å²) in [5.74, 6) is 1.17. The fraction of sp³-hybridized carbons (Fsp3) is 0.318. The van der Waals surface area contributed by atoms with Crippen LogP contribution in [0.2, 0.25) is 0 Å². The van der Waals surface area contributed by atoms with Gasteiger partial charge in [-0.25, -0.2) is 0 Å². The van der Waals surface area contributed by atoms with Crippen LogP contribution in [0.5, 0.6) is 0 Å². The number of rotatable bonds is 6. The van der Waals surface area contributed by atoms with E-state index in [1.54, 1.807) is 6.20 Å². The van der Waals surface area contributed by atoms with Crippen molar-refractivity contribution in [1.29, 1.82) is 0 Å². The Kier molecular flexibility index (Phi) is 5.86. The van der Waals surface area contributed by atoms with Crippen LogP contribution in [0.3, 0.4) is 0 Å². The molecular formula is C22H27N7. The van der Waals surface area contributed by atoms with E-state index in [0.29, 0.717) is 18.3 Å². The number of aryl methyl sites for hydroxylation is 1. The number of aromatic nitrogens is 3. The summed E-state index contributed by atoms with van der Waals surface area (Å²) in [6, 6.07) is 16.8. The standard InChI is InChI=1S/C22H27N7/c1-17-4-3-5-18(14-17)15-23-22-26-21(16-24-27-22)25-19-6-8-20(9-7-19)29-12-10-28(2)11-13-29/h3-9,14,16H,10-13,15H2,1-2H3,(H2,23,25,26,27). The maximum Gasteiger partial charge on any atom is 0.244 e. The van der Waals surface area contributed by atoms with Crippen molar-refractivity contribution in [3.8, 4) is 0 Å². The van der Waals surface area contributed by atoms with Crippen LogP contribution in [0.15, 0.2) is 54.7 Å². The van der Waals surface area contributed by atoms with Gasteiger partial charge in [0.1, 0.15) is 0 Å². The number of piperazine rings is 1. The summed E-state index contributed by atoms with van der Waals surface area (Å²) >= 11 is 0. The Balaban J connectivity index is 1.36. The molecule has 0 amide bonds. The normalized spacial score (nSPS) is 14.6. The van der Waals surface area contributed by atoms with Crippen molar-refractivity contribution in [3.63, 3.8) is 0 Å². The number of anilines is 4. The average molecular weight is 390 g/mol. The van der Waals surface area contributed by atoms with Crippen LogP contribution in [-0.4, -0.2) is 53.3 Å². The number of hydrogen-bond donors (Lipinski definition) is 2. The van der Waals surface area contributed by atoms with E-state index in [-0.39, 0.29) is 0 Å². The van der Waals surface area contributed by atoms with E-state index in [9.17, 15) is 0 Å². The van der Waals surface area contributed by atoms with E-state index in [2.05, 4.69) is 98.1 Å². The highest BCUT2D eigenvalue weighted by atomic mass is 15.3. The van der Waals surface area contributed by atoms with Crippen molar-refractivity contribution in [1.82, 2.24) is 20.1 Å². The minimum absolute atomic E-state index is 0.505. The van der Waals surface area contributed by atoms with Crippen molar-refractivity contribution in [2.45, 2.75) is 13.5 Å². The fourth-order valence-electron chi connectivity index (χ4n) is 3.41. The number of hydrogen-bond acceptors (Lipinski definition) is 7. The Hall–Kier alpha value is -3.19. The van der Waals surface area contributed by atoms with Crippen LogP contribution in [0, 0.1) is 6.92 Å². The van der Waals surface area contributed by atoms with Gasteiger partial charge in [-0.15, -0.1) is 5.10 Å². The number of nitrogens with one attached hydrogen (secondary N) is 2. The highest BCUT2D eigenvalue weighted by Gasteiger charge is 2.14. The molecule has 1 aliphatic rings. The molecule has 7 heteroatoms. The van der Waals surface area contributed by atoms with Crippen LogP contribution in [-0.2, 0) is 6.54 Å². The lowest BCUT2D eigenvalue weighted by Gasteiger charge is -2.34. The molecule has 1 aliphatic heterocycles. The second-order valence-corrected chi connectivity index (χ2v) is 7.47. The third kappa shape index (κ3) is 5.20. The molecule has 2 aromatic carbocycles. The first kappa shape index (κ1) is 19.1. The van der Waals surface area contributed by atoms with Gasteiger partial charge < -0.3 is 20.4 Å². The first-order valence-electron chi connectivity index (χ1n) is 9.95. The van der Waals surface area contributed by atoms with E-state index in [1.807, 2.05) is 0 Å². The SMILES string of the molecule is Cc1cccc(CNc2nncc(Nc3ccc(N4CCN(C)CC4)cc3)n2)c1. The molecule has 0 unspecified atom stereocenters. The van der Waals surface area contributed by atoms with Gasteiger partial charge in [0, 0.05) is 44.1 Å². The summed E-state index contributed by atoms with van der Waals surface area (Å²) in [5.41, 5.74) is 4.66. The smallest absolute Gasteiger partial charge is 0.244 e. The number of nitrogens with zero attached hydrogens (tertiary/aromatic N) is 5. The molecule has 7 nitrogen and oxygen atoms in total. The molecule has 3 aromatic rings. The molecule has 0 saturated carbocycles. The minimum atomic E-state index is 0.505. The zero-order chi connectivity index (χ0) is 20.1. The molecule has 29 heavy (non-hydrogen) atoms. The highest BCUT2D eigenvalue weighted by Crippen LogP contribution is 2.21. The van der Waals surface area contributed by atoms with E-state index in [4.69, 9.17) is 0 Å². The molecule has 2 N–H and O–H groups in total. The molecule has 0 spiro atoms. The monoisotopic (exact) mass is 389 g/mol. The van der Waals surface area contributed by atoms with Crippen LogP contribution in [0.1, 0.15) is 11.1 Å². The molecule has 0 radical (unpaired) electrons. The van der Waals surface area contributed by atoms with E-state index in [1.165, 1.54) is 16.8 Å². The predicted octanol–water partition coefficient (Wildman–Crippen LogP) is 3.29. The summed E-state index contributed by atoms with van der Waals surface area (Å²) in [4.78, 5) is 9.29. The molecule has 4 rings (SSSR count). The number of likely N-dealkylation sites (N-methyl/N-ethyl adjacent to an activating group) is 1. The zero-order valence-electron chi connectivity index (χ0n) is 17.0. The van der Waals surface area contributed by atoms with Crippen molar-refractivity contribution < 1.29 is 0 Å². The lowest BCUT2D eigenvalue weighted by atomic mass is 10.1. The molecule has 0 aliphatic carbocycles. The Morgan fingerprint density at radius 3 is 2.55 bits per heavy atom. The van der Waals surface area contributed by atoms with Crippen molar-refractivity contribution in [3.05, 3.63) is 65.9 Å². The molecular weight excluding hydrogens is 362 g/mol. The average Bonchev–Trinajstić information content (AvgIpc) is 2.74. The van der Waals surface area contributed by atoms with E-state index >= 15 is 0 Å². The topological polar surface area (TPSA) is 69.2 Å². The molecule has 0 atom stereocenters. The quantitative estimate of drug-likeness (QED) is 0.670. The van der Waals surface area contributed by atoms with Crippen LogP contribution >= 0.6 is 0 Å². The molecule has 2 heterocycles. The third-order valence-corrected chi connectivity index (χ3v) is 5.10. The molecule has 1 aromatic heterocycles. The fourth-order valence-corrected chi connectivity index (χ4v) is 3.41. The summed E-state index contributed by atoms with van der Waals surface area (Å²) in [6.07, 6.45) is 1.63. The second kappa shape index (κ2) is 8.87. The summed E-state index contributed by atoms with van der Waals surface area (Å²) in [6.45, 7) is 7.08. The first-order chi connectivity index (χ1) is 14.2. The van der Waals surface area contributed by atoms with Crippen LogP contribution in [0.4, 0.5) is 23.1 Å². The number of benzene rings is 2. The second-order valence-electron chi connectivity index (χ2n) is 7.47. The van der Waals surface area contributed by atoms with Crippen molar-refractivity contribution >= 4 is 23.1 Å². The maximum absolute atomic E-state index is 4.51. The molecule has 150 valence electrons. The van der Waals surface area contributed by atoms with E-state index in [0.717, 1.165) is 31.9 Å².